The van der Waals surface area contributed by atoms with Crippen LogP contribution in [0, 0.1) is 5.92 Å². The molecule has 6 nitrogen and oxygen atoms in total. The second-order valence-corrected chi connectivity index (χ2v) is 7.36. The summed E-state index contributed by atoms with van der Waals surface area (Å²) in [6.45, 7) is 0.191. The largest absolute Gasteiger partial charge is 0.477 e. The van der Waals surface area contributed by atoms with Crippen LogP contribution in [0.15, 0.2) is 53.3 Å². The van der Waals surface area contributed by atoms with Crippen molar-refractivity contribution < 1.29 is 14.7 Å². The molecule has 0 spiro atoms. The number of carboxylic acids is 1. The van der Waals surface area contributed by atoms with Crippen molar-refractivity contribution in [3.63, 3.8) is 0 Å². The van der Waals surface area contributed by atoms with Gasteiger partial charge < -0.3 is 15.4 Å². The number of benzene rings is 2. The number of carbonyl (C=O) groups is 2. The number of aromatic amines is 1. The normalized spacial score (nSPS) is 18.0. The maximum Gasteiger partial charge on any atom is 0.341 e. The highest BCUT2D eigenvalue weighted by Gasteiger charge is 2.43. The van der Waals surface area contributed by atoms with Gasteiger partial charge in [-0.3, -0.25) is 9.59 Å². The number of amides is 1. The minimum atomic E-state index is -1.31. The Hall–Kier alpha value is -3.12. The number of aromatic nitrogens is 1. The third-order valence-corrected chi connectivity index (χ3v) is 5.25. The van der Waals surface area contributed by atoms with Gasteiger partial charge in [0, 0.05) is 22.9 Å². The van der Waals surface area contributed by atoms with E-state index in [1.807, 2.05) is 30.3 Å². The Balaban J connectivity index is 1.54. The molecule has 1 aliphatic carbocycles. The van der Waals surface area contributed by atoms with Crippen molar-refractivity contribution in [3.8, 4) is 0 Å². The van der Waals surface area contributed by atoms with Gasteiger partial charge in [0.05, 0.1) is 5.52 Å². The molecule has 1 saturated carbocycles. The number of hydrogen-bond donors (Lipinski definition) is 3. The summed E-state index contributed by atoms with van der Waals surface area (Å²) in [5, 5.41) is 12.9. The van der Waals surface area contributed by atoms with Crippen molar-refractivity contribution in [1.82, 2.24) is 10.3 Å². The van der Waals surface area contributed by atoms with Crippen LogP contribution in [-0.4, -0.2) is 22.0 Å². The van der Waals surface area contributed by atoms with E-state index < -0.39 is 11.5 Å². The number of nitrogens with one attached hydrogen (secondary N) is 2. The molecule has 1 fully saturated rings. The maximum absolute atomic E-state index is 12.5. The number of H-pyrrole nitrogens is 1. The molecule has 0 radical (unpaired) electrons. The minimum Gasteiger partial charge on any atom is -0.477 e. The molecule has 1 aromatic heterocycles. The Kier molecular flexibility index (Phi) is 4.65. The standard InChI is InChI=1S/C21H17ClN2O4/c22-14-6-12-8-17(21(27)28)20(26)24-18(12)13(7-14)10-23-19(25)16-9-15(16)11-4-2-1-3-5-11/h1-8,15-16H,9-10H2,(H,23,25)(H,24,26)(H,27,28). The number of rotatable bonds is 5. The molecule has 0 bridgehead atoms. The van der Waals surface area contributed by atoms with Gasteiger partial charge >= 0.3 is 5.97 Å². The molecule has 7 heteroatoms. The fourth-order valence-electron chi connectivity index (χ4n) is 3.52. The molecule has 3 N–H and O–H groups in total. The molecule has 2 atom stereocenters. The van der Waals surface area contributed by atoms with Crippen LogP contribution in [0.25, 0.3) is 10.9 Å². The summed E-state index contributed by atoms with van der Waals surface area (Å²) in [7, 11) is 0. The van der Waals surface area contributed by atoms with E-state index >= 15 is 0 Å². The van der Waals surface area contributed by atoms with Gasteiger partial charge in [0.1, 0.15) is 5.56 Å². The summed E-state index contributed by atoms with van der Waals surface area (Å²) >= 11 is 6.14. The lowest BCUT2D eigenvalue weighted by atomic mass is 10.1. The zero-order valence-electron chi connectivity index (χ0n) is 14.7. The Labute approximate surface area is 165 Å². The summed E-state index contributed by atoms with van der Waals surface area (Å²) < 4.78 is 0. The number of pyridine rings is 1. The second kappa shape index (κ2) is 7.13. The van der Waals surface area contributed by atoms with Gasteiger partial charge in [-0.05, 0) is 41.7 Å². The lowest BCUT2D eigenvalue weighted by molar-refractivity contribution is -0.122. The molecular weight excluding hydrogens is 380 g/mol. The summed E-state index contributed by atoms with van der Waals surface area (Å²) in [6.07, 6.45) is 0.810. The smallest absolute Gasteiger partial charge is 0.341 e. The number of carbonyl (C=O) groups excluding carboxylic acids is 1. The van der Waals surface area contributed by atoms with Crippen molar-refractivity contribution in [2.75, 3.05) is 0 Å². The Bertz CT molecular complexity index is 1140. The Morgan fingerprint density at radius 2 is 1.93 bits per heavy atom. The van der Waals surface area contributed by atoms with E-state index in [9.17, 15) is 14.4 Å². The molecule has 142 valence electrons. The van der Waals surface area contributed by atoms with Gasteiger partial charge in [0.2, 0.25) is 5.91 Å². The highest BCUT2D eigenvalue weighted by Crippen LogP contribution is 2.47. The van der Waals surface area contributed by atoms with Crippen LogP contribution < -0.4 is 10.9 Å². The molecule has 1 aliphatic rings. The number of fused-ring (bicyclic) bond motifs is 1. The van der Waals surface area contributed by atoms with Gasteiger partial charge in [0.15, 0.2) is 0 Å². The molecule has 0 aliphatic heterocycles. The monoisotopic (exact) mass is 396 g/mol. The van der Waals surface area contributed by atoms with Crippen LogP contribution in [0.3, 0.4) is 0 Å². The van der Waals surface area contributed by atoms with Crippen molar-refractivity contribution in [2.45, 2.75) is 18.9 Å². The lowest BCUT2D eigenvalue weighted by Crippen LogP contribution is -2.25. The highest BCUT2D eigenvalue weighted by molar-refractivity contribution is 6.31. The van der Waals surface area contributed by atoms with Gasteiger partial charge in [-0.2, -0.15) is 0 Å². The zero-order valence-corrected chi connectivity index (χ0v) is 15.5. The topological polar surface area (TPSA) is 99.3 Å². The quantitative estimate of drug-likeness (QED) is 0.616. The molecular formula is C21H17ClN2O4. The van der Waals surface area contributed by atoms with E-state index in [0.717, 1.165) is 12.0 Å². The van der Waals surface area contributed by atoms with Crippen molar-refractivity contribution in [3.05, 3.63) is 80.6 Å². The predicted molar refractivity (Wildman–Crippen MR) is 106 cm³/mol. The van der Waals surface area contributed by atoms with Gasteiger partial charge in [-0.25, -0.2) is 4.79 Å². The summed E-state index contributed by atoms with van der Waals surface area (Å²) in [4.78, 5) is 38.3. The van der Waals surface area contributed by atoms with Crippen LogP contribution in [-0.2, 0) is 11.3 Å². The summed E-state index contributed by atoms with van der Waals surface area (Å²) in [5.74, 6) is -1.19. The molecule has 0 saturated heterocycles. The van der Waals surface area contributed by atoms with E-state index in [4.69, 9.17) is 16.7 Å². The fourth-order valence-corrected chi connectivity index (χ4v) is 3.77. The van der Waals surface area contributed by atoms with Crippen molar-refractivity contribution >= 4 is 34.4 Å². The minimum absolute atomic E-state index is 0.0496. The fraction of sp³-hybridized carbons (Fsp3) is 0.190. The van der Waals surface area contributed by atoms with Crippen molar-refractivity contribution in [1.29, 1.82) is 0 Å². The Morgan fingerprint density at radius 1 is 1.18 bits per heavy atom. The number of halogens is 1. The highest BCUT2D eigenvalue weighted by atomic mass is 35.5. The number of hydrogen-bond acceptors (Lipinski definition) is 3. The van der Waals surface area contributed by atoms with Crippen LogP contribution in [0.1, 0.15) is 33.8 Å². The molecule has 2 aromatic carbocycles. The average Bonchev–Trinajstić information content (AvgIpc) is 3.47. The van der Waals surface area contributed by atoms with Crippen molar-refractivity contribution in [2.24, 2.45) is 5.92 Å². The van der Waals surface area contributed by atoms with Gasteiger partial charge in [0.25, 0.3) is 5.56 Å². The van der Waals surface area contributed by atoms with E-state index in [-0.39, 0.29) is 29.9 Å². The van der Waals surface area contributed by atoms with Gasteiger partial charge in [-0.1, -0.05) is 41.9 Å². The first-order valence-electron chi connectivity index (χ1n) is 8.85. The third kappa shape index (κ3) is 3.51. The summed E-state index contributed by atoms with van der Waals surface area (Å²) in [5.41, 5.74) is 1.20. The molecule has 1 amide bonds. The van der Waals surface area contributed by atoms with Crippen LogP contribution >= 0.6 is 11.6 Å². The predicted octanol–water partition coefficient (Wildman–Crippen LogP) is 3.30. The maximum atomic E-state index is 12.5. The first kappa shape index (κ1) is 18.3. The van der Waals surface area contributed by atoms with E-state index in [0.29, 0.717) is 21.5 Å². The van der Waals surface area contributed by atoms with E-state index in [1.165, 1.54) is 6.07 Å². The zero-order chi connectivity index (χ0) is 19.8. The van der Waals surface area contributed by atoms with Gasteiger partial charge in [-0.15, -0.1) is 0 Å². The third-order valence-electron chi connectivity index (χ3n) is 5.04. The lowest BCUT2D eigenvalue weighted by Gasteiger charge is -2.10. The van der Waals surface area contributed by atoms with E-state index in [2.05, 4.69) is 10.3 Å². The second-order valence-electron chi connectivity index (χ2n) is 6.92. The molecule has 2 unspecified atom stereocenters. The first-order valence-corrected chi connectivity index (χ1v) is 9.23. The molecule has 3 aromatic rings. The number of carboxylic acid groups (broad SMARTS) is 1. The molecule has 1 heterocycles. The van der Waals surface area contributed by atoms with Crippen LogP contribution in [0.2, 0.25) is 5.02 Å². The SMILES string of the molecule is O=C(O)c1cc2cc(Cl)cc(CNC(=O)C3CC3c3ccccc3)c2[nH]c1=O. The molecule has 28 heavy (non-hydrogen) atoms. The Morgan fingerprint density at radius 3 is 2.64 bits per heavy atom. The number of aromatic carboxylic acids is 1. The average molecular weight is 397 g/mol. The summed E-state index contributed by atoms with van der Waals surface area (Å²) in [6, 6.07) is 14.4. The van der Waals surface area contributed by atoms with Crippen LogP contribution in [0.4, 0.5) is 0 Å². The first-order chi connectivity index (χ1) is 13.4. The van der Waals surface area contributed by atoms with Crippen LogP contribution in [0.5, 0.6) is 0 Å². The molecule has 4 rings (SSSR count). The van der Waals surface area contributed by atoms with E-state index in [1.54, 1.807) is 12.1 Å².